The van der Waals surface area contributed by atoms with Gasteiger partial charge in [-0.1, -0.05) is 13.8 Å². The van der Waals surface area contributed by atoms with Crippen molar-refractivity contribution in [2.75, 3.05) is 76.4 Å². The topological polar surface area (TPSA) is 110 Å². The molecule has 2 saturated heterocycles. The van der Waals surface area contributed by atoms with Crippen molar-refractivity contribution in [1.82, 2.24) is 10.6 Å². The van der Waals surface area contributed by atoms with Crippen LogP contribution >= 0.6 is 0 Å². The number of anilines is 2. The van der Waals surface area contributed by atoms with Crippen LogP contribution in [0.2, 0.25) is 0 Å². The van der Waals surface area contributed by atoms with Crippen LogP contribution in [0.25, 0.3) is 0 Å². The fraction of sp³-hybridized carbons (Fsp3) is 0.571. The van der Waals surface area contributed by atoms with E-state index in [1.165, 1.54) is 0 Å². The van der Waals surface area contributed by atoms with Crippen molar-refractivity contribution in [2.24, 2.45) is 0 Å². The molecular weight excluding hydrogens is 472 g/mol. The normalized spacial score (nSPS) is 16.3. The molecule has 2 aromatic rings. The highest BCUT2D eigenvalue weighted by Crippen LogP contribution is 2.40. The third kappa shape index (κ3) is 7.12. The molecule has 0 aliphatic carbocycles. The number of ether oxygens (including phenoxy) is 2. The molecule has 0 radical (unpaired) electrons. The van der Waals surface area contributed by atoms with Crippen LogP contribution in [0.5, 0.6) is 23.0 Å². The molecule has 0 spiro atoms. The third-order valence-electron chi connectivity index (χ3n) is 6.82. The molecule has 206 valence electrons. The lowest BCUT2D eigenvalue weighted by atomic mass is 9.96. The Morgan fingerprint density at radius 2 is 1.19 bits per heavy atom. The number of benzene rings is 2. The largest absolute Gasteiger partial charge is 0.508 e. The van der Waals surface area contributed by atoms with Gasteiger partial charge in [0.1, 0.15) is 23.0 Å². The Balaban J connectivity index is 0.000000206. The van der Waals surface area contributed by atoms with Crippen molar-refractivity contribution in [2.45, 2.75) is 39.2 Å². The first-order valence-corrected chi connectivity index (χ1v) is 13.0. The first kappa shape index (κ1) is 28.7. The van der Waals surface area contributed by atoms with E-state index >= 15 is 0 Å². The van der Waals surface area contributed by atoms with Crippen LogP contribution in [0.3, 0.4) is 0 Å². The van der Waals surface area contributed by atoms with Crippen LogP contribution in [0, 0.1) is 0 Å². The predicted octanol–water partition coefficient (Wildman–Crippen LogP) is 2.97. The van der Waals surface area contributed by atoms with Gasteiger partial charge in [0, 0.05) is 75.6 Å². The van der Waals surface area contributed by atoms with E-state index in [1.807, 2.05) is 12.1 Å². The summed E-state index contributed by atoms with van der Waals surface area (Å²) in [4.78, 5) is 4.42. The molecule has 2 aliphatic rings. The minimum absolute atomic E-state index is 0.0989. The zero-order chi connectivity index (χ0) is 27.2. The van der Waals surface area contributed by atoms with E-state index in [1.54, 1.807) is 40.2 Å². The SMILES string of the molecule is COc1cc(C(C)(C)O)c(O)cc1N1CCNCC1.COc1cc(C(C)C)c(O)cc1N1CCNCC1. The number of phenolic OH excluding ortho intramolecular Hbond substituents is 2. The third-order valence-corrected chi connectivity index (χ3v) is 6.82. The number of piperazine rings is 2. The fourth-order valence-corrected chi connectivity index (χ4v) is 4.72. The van der Waals surface area contributed by atoms with Crippen molar-refractivity contribution in [1.29, 1.82) is 0 Å². The summed E-state index contributed by atoms with van der Waals surface area (Å²) < 4.78 is 10.9. The molecule has 2 aromatic carbocycles. The summed E-state index contributed by atoms with van der Waals surface area (Å²) in [5, 5.41) is 36.9. The average molecular weight is 517 g/mol. The maximum absolute atomic E-state index is 10.1. The molecule has 2 fully saturated rings. The van der Waals surface area contributed by atoms with Crippen molar-refractivity contribution in [3.8, 4) is 23.0 Å². The predicted molar refractivity (Wildman–Crippen MR) is 149 cm³/mol. The maximum atomic E-state index is 10.1. The van der Waals surface area contributed by atoms with Crippen LogP contribution in [0.1, 0.15) is 44.7 Å². The first-order valence-electron chi connectivity index (χ1n) is 13.0. The van der Waals surface area contributed by atoms with Gasteiger partial charge in [-0.2, -0.15) is 0 Å². The Morgan fingerprint density at radius 3 is 1.59 bits per heavy atom. The zero-order valence-corrected chi connectivity index (χ0v) is 23.1. The van der Waals surface area contributed by atoms with Gasteiger partial charge in [0.2, 0.25) is 0 Å². The van der Waals surface area contributed by atoms with Gasteiger partial charge in [0.05, 0.1) is 31.2 Å². The lowest BCUT2D eigenvalue weighted by Gasteiger charge is -2.31. The maximum Gasteiger partial charge on any atom is 0.142 e. The van der Waals surface area contributed by atoms with Crippen LogP contribution in [0.4, 0.5) is 11.4 Å². The smallest absolute Gasteiger partial charge is 0.142 e. The first-order chi connectivity index (χ1) is 17.6. The molecule has 4 rings (SSSR count). The Morgan fingerprint density at radius 1 is 0.757 bits per heavy atom. The van der Waals surface area contributed by atoms with Gasteiger partial charge in [-0.05, 0) is 31.9 Å². The minimum atomic E-state index is -1.10. The van der Waals surface area contributed by atoms with Crippen molar-refractivity contribution in [3.63, 3.8) is 0 Å². The molecule has 37 heavy (non-hydrogen) atoms. The van der Waals surface area contributed by atoms with Crippen LogP contribution < -0.4 is 29.9 Å². The number of nitrogens with one attached hydrogen (secondary N) is 2. The van der Waals surface area contributed by atoms with E-state index in [-0.39, 0.29) is 11.7 Å². The highest BCUT2D eigenvalue weighted by molar-refractivity contribution is 5.65. The lowest BCUT2D eigenvalue weighted by molar-refractivity contribution is 0.0755. The van der Waals surface area contributed by atoms with Gasteiger partial charge < -0.3 is 45.2 Å². The number of nitrogens with zero attached hydrogens (tertiary/aromatic N) is 2. The summed E-state index contributed by atoms with van der Waals surface area (Å²) >= 11 is 0. The number of methoxy groups -OCH3 is 2. The Bertz CT molecular complexity index is 1030. The molecule has 0 amide bonds. The second-order valence-electron chi connectivity index (χ2n) is 10.3. The Kier molecular flexibility index (Phi) is 9.75. The van der Waals surface area contributed by atoms with Gasteiger partial charge in [-0.25, -0.2) is 0 Å². The molecule has 5 N–H and O–H groups in total. The number of hydrogen-bond donors (Lipinski definition) is 5. The minimum Gasteiger partial charge on any atom is -0.508 e. The standard InChI is InChI=1S/C14H22N2O3.C14H22N2O2/c1-14(2,18)10-8-13(19-3)11(9-12(10)17)16-6-4-15-5-7-16;1-10(2)11-8-14(18-3)12(9-13(11)17)16-6-4-15-5-7-16/h8-9,15,17-18H,4-7H2,1-3H3;8-10,15,17H,4-7H2,1-3H3. The zero-order valence-electron chi connectivity index (χ0n) is 23.1. The van der Waals surface area contributed by atoms with Crippen LogP contribution in [-0.2, 0) is 5.60 Å². The van der Waals surface area contributed by atoms with Gasteiger partial charge in [-0.15, -0.1) is 0 Å². The molecule has 2 aliphatic heterocycles. The summed E-state index contributed by atoms with van der Waals surface area (Å²) in [5.41, 5.74) is 2.17. The quantitative estimate of drug-likeness (QED) is 0.396. The number of rotatable bonds is 6. The molecular formula is C28H44N4O5. The monoisotopic (exact) mass is 516 g/mol. The summed E-state index contributed by atoms with van der Waals surface area (Å²) in [6.45, 7) is 14.8. The summed E-state index contributed by atoms with van der Waals surface area (Å²) in [5.74, 6) is 2.27. The number of hydrogen-bond acceptors (Lipinski definition) is 9. The van der Waals surface area contributed by atoms with Crippen LogP contribution in [0.15, 0.2) is 24.3 Å². The summed E-state index contributed by atoms with van der Waals surface area (Å²) in [6, 6.07) is 7.18. The molecule has 9 heteroatoms. The number of aromatic hydroxyl groups is 2. The molecule has 0 aromatic heterocycles. The van der Waals surface area contributed by atoms with E-state index in [4.69, 9.17) is 9.47 Å². The highest BCUT2D eigenvalue weighted by Gasteiger charge is 2.25. The Labute approximate surface area is 221 Å². The molecule has 0 atom stereocenters. The molecule has 0 bridgehead atoms. The summed E-state index contributed by atoms with van der Waals surface area (Å²) in [7, 11) is 3.29. The molecule has 0 unspecified atom stereocenters. The second kappa shape index (κ2) is 12.6. The fourth-order valence-electron chi connectivity index (χ4n) is 4.72. The average Bonchev–Trinajstić information content (AvgIpc) is 2.89. The van der Waals surface area contributed by atoms with Gasteiger partial charge in [-0.3, -0.25) is 0 Å². The Hall–Kier alpha value is -2.88. The molecule has 2 heterocycles. The van der Waals surface area contributed by atoms with Gasteiger partial charge >= 0.3 is 0 Å². The highest BCUT2D eigenvalue weighted by atomic mass is 16.5. The van der Waals surface area contributed by atoms with E-state index in [0.29, 0.717) is 17.1 Å². The lowest BCUT2D eigenvalue weighted by Crippen LogP contribution is -2.43. The van der Waals surface area contributed by atoms with E-state index in [2.05, 4.69) is 34.3 Å². The van der Waals surface area contributed by atoms with E-state index in [9.17, 15) is 15.3 Å². The van der Waals surface area contributed by atoms with Crippen molar-refractivity contribution < 1.29 is 24.8 Å². The van der Waals surface area contributed by atoms with Gasteiger partial charge in [0.15, 0.2) is 0 Å². The van der Waals surface area contributed by atoms with Crippen LogP contribution in [-0.4, -0.2) is 81.9 Å². The van der Waals surface area contributed by atoms with Crippen molar-refractivity contribution in [3.05, 3.63) is 35.4 Å². The number of phenols is 2. The summed E-state index contributed by atoms with van der Waals surface area (Å²) in [6.07, 6.45) is 0. The number of aliphatic hydroxyl groups is 1. The molecule has 9 nitrogen and oxygen atoms in total. The second-order valence-corrected chi connectivity index (χ2v) is 10.3. The van der Waals surface area contributed by atoms with Crippen molar-refractivity contribution >= 4 is 11.4 Å². The van der Waals surface area contributed by atoms with E-state index in [0.717, 1.165) is 75.0 Å². The molecule has 0 saturated carbocycles. The van der Waals surface area contributed by atoms with Gasteiger partial charge in [0.25, 0.3) is 0 Å². The van der Waals surface area contributed by atoms with E-state index < -0.39 is 5.60 Å².